The van der Waals surface area contributed by atoms with Crippen molar-refractivity contribution < 1.29 is 37.3 Å². The van der Waals surface area contributed by atoms with Gasteiger partial charge in [-0.25, -0.2) is 4.57 Å². The molecule has 1 amide bonds. The molecule has 418 valence electrons. The molecule has 0 aliphatic rings. The summed E-state index contributed by atoms with van der Waals surface area (Å²) in [4.78, 5) is 37.6. The largest absolute Gasteiger partial charge is 0.472 e. The highest BCUT2D eigenvalue weighted by Crippen LogP contribution is 2.43. The Morgan fingerprint density at radius 3 is 1.27 bits per heavy atom. The lowest BCUT2D eigenvalue weighted by molar-refractivity contribution is -0.870. The molecule has 0 saturated carbocycles. The van der Waals surface area contributed by atoms with Crippen LogP contribution in [-0.2, 0) is 27.9 Å². The fourth-order valence-electron chi connectivity index (χ4n) is 8.87. The van der Waals surface area contributed by atoms with E-state index in [1.165, 1.54) is 180 Å². The number of carbonyl (C=O) groups excluding carboxylic acids is 2. The molecule has 0 aliphatic heterocycles. The Balaban J connectivity index is 5.22. The maximum atomic E-state index is 13.5. The Kier molecular flexibility index (Phi) is 50.4. The highest BCUT2D eigenvalue weighted by molar-refractivity contribution is 7.47. The summed E-state index contributed by atoms with van der Waals surface area (Å²) in [5, 5.41) is 3.05. The third kappa shape index (κ3) is 52.9. The molecule has 71 heavy (non-hydrogen) atoms. The highest BCUT2D eigenvalue weighted by Gasteiger charge is 2.30. The van der Waals surface area contributed by atoms with Crippen molar-refractivity contribution >= 4 is 19.7 Å². The van der Waals surface area contributed by atoms with E-state index >= 15 is 0 Å². The quantitative estimate of drug-likeness (QED) is 0.0156. The van der Waals surface area contributed by atoms with Gasteiger partial charge in [0.1, 0.15) is 19.3 Å². The smallest absolute Gasteiger partial charge is 0.456 e. The Morgan fingerprint density at radius 2 is 0.845 bits per heavy atom. The van der Waals surface area contributed by atoms with Crippen LogP contribution in [0.3, 0.4) is 0 Å². The Bertz CT molecular complexity index is 1310. The average Bonchev–Trinajstić information content (AvgIpc) is 3.33. The van der Waals surface area contributed by atoms with Gasteiger partial charge in [0.15, 0.2) is 0 Å². The van der Waals surface area contributed by atoms with Gasteiger partial charge < -0.3 is 19.4 Å². The van der Waals surface area contributed by atoms with E-state index in [0.29, 0.717) is 17.4 Å². The normalized spacial score (nSPS) is 14.0. The summed E-state index contributed by atoms with van der Waals surface area (Å²) < 4.78 is 30.6. The van der Waals surface area contributed by atoms with Gasteiger partial charge in [-0.3, -0.25) is 18.6 Å². The van der Waals surface area contributed by atoms with Crippen LogP contribution >= 0.6 is 7.82 Å². The molecule has 0 aromatic carbocycles. The van der Waals surface area contributed by atoms with Gasteiger partial charge >= 0.3 is 13.8 Å². The number of nitrogens with zero attached hydrogens (tertiary/aromatic N) is 1. The predicted molar refractivity (Wildman–Crippen MR) is 305 cm³/mol. The number of hydrogen-bond acceptors (Lipinski definition) is 6. The molecule has 0 aromatic heterocycles. The van der Waals surface area contributed by atoms with Gasteiger partial charge in [-0.2, -0.15) is 0 Å². The van der Waals surface area contributed by atoms with Crippen molar-refractivity contribution in [3.8, 4) is 0 Å². The van der Waals surface area contributed by atoms with E-state index in [0.717, 1.165) is 77.0 Å². The summed E-state index contributed by atoms with van der Waals surface area (Å²) >= 11 is 0. The highest BCUT2D eigenvalue weighted by atomic mass is 31.2. The van der Waals surface area contributed by atoms with Gasteiger partial charge in [0.2, 0.25) is 5.91 Å². The first-order chi connectivity index (χ1) is 34.4. The Morgan fingerprint density at radius 1 is 0.493 bits per heavy atom. The number of likely N-dealkylation sites (N-methyl/N-ethyl adjacent to an activating group) is 1. The third-order valence-corrected chi connectivity index (χ3v) is 14.6. The predicted octanol–water partition coefficient (Wildman–Crippen LogP) is 18.3. The number of rotatable bonds is 55. The summed E-state index contributed by atoms with van der Waals surface area (Å²) in [6, 6.07) is -0.848. The zero-order chi connectivity index (χ0) is 52.2. The number of esters is 1. The second-order valence-electron chi connectivity index (χ2n) is 21.9. The van der Waals surface area contributed by atoms with Crippen molar-refractivity contribution in [1.82, 2.24) is 5.32 Å². The molecule has 3 atom stereocenters. The first-order valence-corrected chi connectivity index (χ1v) is 31.8. The molecule has 0 spiro atoms. The number of phosphoric acid groups is 1. The zero-order valence-electron chi connectivity index (χ0n) is 47.7. The summed E-state index contributed by atoms with van der Waals surface area (Å²) in [5.41, 5.74) is 0. The fraction of sp³-hybridized carbons (Fsp3) is 0.869. The number of quaternary nitrogens is 1. The van der Waals surface area contributed by atoms with Crippen LogP contribution < -0.4 is 5.32 Å². The summed E-state index contributed by atoms with van der Waals surface area (Å²) in [6.45, 7) is 7.00. The molecule has 0 aromatic rings. The van der Waals surface area contributed by atoms with E-state index in [1.54, 1.807) is 0 Å². The molecule has 0 saturated heterocycles. The standard InChI is InChI=1S/C61H117N2O7P/c1-7-10-13-16-19-22-25-27-29-30-31-32-34-35-38-41-44-47-50-53-60(64)62-58(57-69-71(66,67)68-56-55-63(4,5)6)59(52-49-46-43-40-37-24-21-18-15-12-9-3)70-61(65)54-51-48-45-42-39-36-33-28-26-23-20-17-14-11-8-2/h20,23,26,28,49,52,58-59H,7-19,21-22,24-25,27,29-48,50-51,53-57H2,1-6H3,(H-,62,64,66,67)/p+1/b23-20+,28-26+,52-49+. The summed E-state index contributed by atoms with van der Waals surface area (Å²) in [7, 11) is 1.50. The number of unbranched alkanes of at least 4 members (excludes halogenated alkanes) is 36. The van der Waals surface area contributed by atoms with Gasteiger partial charge in [0.25, 0.3) is 0 Å². The maximum absolute atomic E-state index is 13.5. The second kappa shape index (κ2) is 51.7. The van der Waals surface area contributed by atoms with Crippen molar-refractivity contribution in [2.75, 3.05) is 40.9 Å². The first kappa shape index (κ1) is 69.2. The van der Waals surface area contributed by atoms with E-state index in [-0.39, 0.29) is 31.5 Å². The van der Waals surface area contributed by atoms with E-state index in [2.05, 4.69) is 50.4 Å². The van der Waals surface area contributed by atoms with E-state index in [4.69, 9.17) is 13.8 Å². The lowest BCUT2D eigenvalue weighted by Crippen LogP contribution is -2.47. The second-order valence-corrected chi connectivity index (χ2v) is 23.4. The molecule has 0 aliphatic carbocycles. The van der Waals surface area contributed by atoms with E-state index < -0.39 is 20.0 Å². The molecular weight excluding hydrogens is 904 g/mol. The summed E-state index contributed by atoms with van der Waals surface area (Å²) in [5.74, 6) is -0.507. The van der Waals surface area contributed by atoms with Crippen LogP contribution in [0, 0.1) is 0 Å². The van der Waals surface area contributed by atoms with E-state index in [9.17, 15) is 19.0 Å². The van der Waals surface area contributed by atoms with Crippen LogP contribution in [0.25, 0.3) is 0 Å². The molecule has 0 bridgehead atoms. The number of hydrogen-bond donors (Lipinski definition) is 2. The van der Waals surface area contributed by atoms with Crippen molar-refractivity contribution in [2.45, 2.75) is 303 Å². The lowest BCUT2D eigenvalue weighted by Gasteiger charge is -2.27. The Labute approximate surface area is 440 Å². The summed E-state index contributed by atoms with van der Waals surface area (Å²) in [6.07, 6.45) is 61.4. The number of allylic oxidation sites excluding steroid dienone is 5. The number of phosphoric ester groups is 1. The molecule has 0 radical (unpaired) electrons. The van der Waals surface area contributed by atoms with Crippen LogP contribution in [0.1, 0.15) is 290 Å². The molecule has 0 fully saturated rings. The zero-order valence-corrected chi connectivity index (χ0v) is 48.6. The molecular formula is C61H118N2O7P+. The molecule has 0 rings (SSSR count). The number of nitrogens with one attached hydrogen (secondary N) is 1. The minimum Gasteiger partial charge on any atom is -0.456 e. The number of carbonyl (C=O) groups is 2. The van der Waals surface area contributed by atoms with Crippen LogP contribution in [0.2, 0.25) is 0 Å². The molecule has 2 N–H and O–H groups in total. The van der Waals surface area contributed by atoms with Gasteiger partial charge in [0.05, 0.1) is 33.8 Å². The van der Waals surface area contributed by atoms with Gasteiger partial charge in [-0.15, -0.1) is 0 Å². The average molecular weight is 1020 g/mol. The van der Waals surface area contributed by atoms with Gasteiger partial charge in [-0.1, -0.05) is 257 Å². The SMILES string of the molecule is CCCCC/C=C/C=C/CCCCCCCCC(=O)OC(/C=C/CCCCCCCCCCC)C(COP(=O)(O)OCC[N+](C)(C)C)NC(=O)CCCCCCCCCCCCCCCCCCCCC. The topological polar surface area (TPSA) is 111 Å². The Hall–Kier alpha value is -1.77. The number of amides is 1. The van der Waals surface area contributed by atoms with Crippen molar-refractivity contribution in [3.63, 3.8) is 0 Å². The third-order valence-electron chi connectivity index (χ3n) is 13.6. The lowest BCUT2D eigenvalue weighted by atomic mass is 10.0. The van der Waals surface area contributed by atoms with Crippen LogP contribution in [-0.4, -0.2) is 74.3 Å². The van der Waals surface area contributed by atoms with Crippen LogP contribution in [0.4, 0.5) is 0 Å². The molecule has 0 heterocycles. The minimum atomic E-state index is -4.44. The van der Waals surface area contributed by atoms with Gasteiger partial charge in [0, 0.05) is 12.8 Å². The van der Waals surface area contributed by atoms with E-state index in [1.807, 2.05) is 33.3 Å². The first-order valence-electron chi connectivity index (χ1n) is 30.3. The minimum absolute atomic E-state index is 0.0403. The number of ether oxygens (including phenoxy) is 1. The monoisotopic (exact) mass is 1020 g/mol. The van der Waals surface area contributed by atoms with Crippen LogP contribution in [0.5, 0.6) is 0 Å². The fourth-order valence-corrected chi connectivity index (χ4v) is 9.61. The van der Waals surface area contributed by atoms with Crippen molar-refractivity contribution in [2.24, 2.45) is 0 Å². The molecule has 10 heteroatoms. The van der Waals surface area contributed by atoms with Crippen molar-refractivity contribution in [1.29, 1.82) is 0 Å². The van der Waals surface area contributed by atoms with Gasteiger partial charge in [-0.05, 0) is 57.4 Å². The molecule has 3 unspecified atom stereocenters. The van der Waals surface area contributed by atoms with Crippen LogP contribution in [0.15, 0.2) is 36.5 Å². The maximum Gasteiger partial charge on any atom is 0.472 e. The molecule has 9 nitrogen and oxygen atoms in total. The van der Waals surface area contributed by atoms with Crippen molar-refractivity contribution in [3.05, 3.63) is 36.5 Å².